The number of anilines is 3. The minimum Gasteiger partial charge on any atom is -0.753 e. The van der Waals surface area contributed by atoms with Gasteiger partial charge in [0.2, 0.25) is 0 Å². The zero-order valence-corrected chi connectivity index (χ0v) is 37.3. The number of pyridine rings is 3. The fourth-order valence-electron chi connectivity index (χ4n) is 5.29. The van der Waals surface area contributed by atoms with Gasteiger partial charge >= 0.3 is 19.5 Å². The summed E-state index contributed by atoms with van der Waals surface area (Å²) in [5.41, 5.74) is 7.30. The van der Waals surface area contributed by atoms with E-state index in [1.807, 2.05) is 68.8 Å². The Hall–Kier alpha value is -6.43. The smallest absolute Gasteiger partial charge is 0.753 e. The van der Waals surface area contributed by atoms with Gasteiger partial charge in [-0.25, -0.2) is 4.98 Å². The predicted octanol–water partition coefficient (Wildman–Crippen LogP) is 12.3. The Morgan fingerprint density at radius 1 is 0.590 bits per heavy atom. The molecule has 1 radical (unpaired) electrons. The third kappa shape index (κ3) is 15.9. The third-order valence-corrected chi connectivity index (χ3v) is 8.70. The number of hydrogen-bond donors (Lipinski definition) is 0. The Balaban J connectivity index is 0.000000887. The van der Waals surface area contributed by atoms with Gasteiger partial charge in [0.15, 0.2) is 0 Å². The molecule has 0 saturated heterocycles. The summed E-state index contributed by atoms with van der Waals surface area (Å²) in [6, 6.07) is 43.7. The third-order valence-electron chi connectivity index (χ3n) is 7.52. The first kappa shape index (κ1) is 50.7. The van der Waals surface area contributed by atoms with Crippen molar-refractivity contribution in [1.29, 1.82) is 0 Å². The molecular weight excluding hydrogens is 932 g/mol. The molecule has 0 atom stereocenters. The van der Waals surface area contributed by atoms with E-state index < -0.39 is 0 Å². The van der Waals surface area contributed by atoms with Crippen molar-refractivity contribution in [2.45, 2.75) is 13.8 Å². The van der Waals surface area contributed by atoms with Gasteiger partial charge < -0.3 is 37.0 Å². The van der Waals surface area contributed by atoms with Crippen LogP contribution in [0.3, 0.4) is 0 Å². The Labute approximate surface area is 386 Å². The van der Waals surface area contributed by atoms with Crippen molar-refractivity contribution in [3.8, 4) is 55.2 Å². The molecule has 7 rings (SSSR count). The van der Waals surface area contributed by atoms with Gasteiger partial charge in [-0.2, -0.15) is 29.3 Å². The summed E-state index contributed by atoms with van der Waals surface area (Å²) < 4.78 is 10.1. The molecule has 305 valence electrons. The van der Waals surface area contributed by atoms with Crippen LogP contribution in [0.1, 0.15) is 13.8 Å². The molecule has 4 aromatic heterocycles. The van der Waals surface area contributed by atoms with Gasteiger partial charge in [-0.05, 0) is 72.3 Å². The summed E-state index contributed by atoms with van der Waals surface area (Å²) in [4.78, 5) is 40.1. The number of thiocarbonyl (C=S) groups is 3. The summed E-state index contributed by atoms with van der Waals surface area (Å²) in [5, 5.41) is 25.4. The average molecular weight is 965 g/mol. The van der Waals surface area contributed by atoms with Gasteiger partial charge in [-0.1, -0.05) is 85.2 Å². The number of isothiocyanates is 3. The number of para-hydroxylation sites is 2. The van der Waals surface area contributed by atoms with Crippen molar-refractivity contribution in [1.82, 2.24) is 15.0 Å². The second-order valence-electron chi connectivity index (χ2n) is 11.4. The van der Waals surface area contributed by atoms with E-state index in [9.17, 15) is 9.59 Å². The quantitative estimate of drug-likeness (QED) is 0.0399. The summed E-state index contributed by atoms with van der Waals surface area (Å²) in [5.74, 6) is 0.596. The molecule has 0 aliphatic carbocycles. The number of ether oxygens (including phenoxy) is 2. The van der Waals surface area contributed by atoms with E-state index in [1.165, 1.54) is 21.7 Å². The first-order valence-corrected chi connectivity index (χ1v) is 19.4. The first-order chi connectivity index (χ1) is 29.3. The molecule has 0 aliphatic heterocycles. The van der Waals surface area contributed by atoms with Crippen molar-refractivity contribution in [3.05, 3.63) is 169 Å². The van der Waals surface area contributed by atoms with Crippen LogP contribution in [0.15, 0.2) is 146 Å². The van der Waals surface area contributed by atoms with Gasteiger partial charge in [0.05, 0.1) is 22.8 Å². The number of aromatic nitrogens is 3. The van der Waals surface area contributed by atoms with E-state index in [-0.39, 0.29) is 25.2 Å². The average Bonchev–Trinajstić information content (AvgIpc) is 3.77. The maximum Gasteiger partial charge on any atom is 3.00 e. The molecular formula is C45H33N7O4RuS4-. The second kappa shape index (κ2) is 28.9. The standard InChI is InChI=1S/C39H26N4O4S.C3H7.3CNS.Ru/c44-25-46-32-19-20-40-35(21-32)37-23-33(47-26-45)22-36(42-37)34-16-13-28(24-41-34)39-18-17-38(48-39)27-11-14-31(15-12-27)43(29-7-3-1-4-8-29)30-9-5-2-6-10-30;1-3-2;3*2-1-3;/h1-26H;3H,1-2H3;;;;/q;4*-1;+3. The van der Waals surface area contributed by atoms with Gasteiger partial charge in [-0.15, -0.1) is 11.3 Å². The van der Waals surface area contributed by atoms with E-state index in [2.05, 4.69) is 112 Å². The molecule has 4 heterocycles. The maximum atomic E-state index is 11.1. The minimum atomic E-state index is 0. The number of carbonyl (C=O) groups is 2. The number of nitrogens with zero attached hydrogens (tertiary/aromatic N) is 7. The Morgan fingerprint density at radius 2 is 1.03 bits per heavy atom. The van der Waals surface area contributed by atoms with Crippen molar-refractivity contribution >= 4 is 93.5 Å². The number of rotatable bonds is 11. The van der Waals surface area contributed by atoms with E-state index in [4.69, 9.17) is 30.7 Å². The molecule has 0 aliphatic rings. The molecule has 0 bridgehead atoms. The first-order valence-electron chi connectivity index (χ1n) is 17.4. The maximum absolute atomic E-state index is 11.1. The molecule has 0 spiro atoms. The molecule has 61 heavy (non-hydrogen) atoms. The van der Waals surface area contributed by atoms with Gasteiger partial charge in [-0.3, -0.25) is 19.6 Å². The monoisotopic (exact) mass is 965 g/mol. The van der Waals surface area contributed by atoms with Crippen LogP contribution in [-0.2, 0) is 29.1 Å². The largest absolute Gasteiger partial charge is 3.00 e. The molecule has 0 N–H and O–H groups in total. The van der Waals surface area contributed by atoms with Gasteiger partial charge in [0.25, 0.3) is 12.9 Å². The molecule has 0 saturated carbocycles. The summed E-state index contributed by atoms with van der Waals surface area (Å²) in [6.45, 7) is 4.69. The molecule has 16 heteroatoms. The van der Waals surface area contributed by atoms with E-state index >= 15 is 0 Å². The van der Waals surface area contributed by atoms with E-state index in [0.29, 0.717) is 41.5 Å². The van der Waals surface area contributed by atoms with Crippen molar-refractivity contribution < 1.29 is 38.5 Å². The summed E-state index contributed by atoms with van der Waals surface area (Å²) in [6.07, 6.45) is 5.31. The van der Waals surface area contributed by atoms with Gasteiger partial charge in [0.1, 0.15) is 11.5 Å². The number of benzene rings is 3. The molecule has 7 aromatic rings. The van der Waals surface area contributed by atoms with Crippen LogP contribution in [0.4, 0.5) is 17.1 Å². The number of carbonyl (C=O) groups excluding carboxylic acids is 2. The fourth-order valence-corrected chi connectivity index (χ4v) is 6.29. The Bertz CT molecular complexity index is 2440. The topological polar surface area (TPSA) is 161 Å². The minimum absolute atomic E-state index is 0. The second-order valence-corrected chi connectivity index (χ2v) is 13.0. The fraction of sp³-hybridized carbons (Fsp3) is 0.0444. The van der Waals surface area contributed by atoms with Crippen LogP contribution < -0.4 is 14.4 Å². The summed E-state index contributed by atoms with van der Waals surface area (Å²) >= 11 is 12.8. The SMILES string of the molecule is C[CH-]C.O=COc1ccnc(-c2cc(OC=O)cc(-c3ccc(-c4ccc(-c5ccc(N(c6ccccc6)c6ccccc6)cc5)s4)cn3)n2)c1.[N-]=C=S.[N-]=C=S.[N-]=C=S.[Ru+3]. The predicted molar refractivity (Wildman–Crippen MR) is 251 cm³/mol. The normalized spacial score (nSPS) is 9.08. The zero-order valence-electron chi connectivity index (χ0n) is 32.3. The van der Waals surface area contributed by atoms with E-state index in [1.54, 1.807) is 41.8 Å². The van der Waals surface area contributed by atoms with Crippen molar-refractivity contribution in [2.75, 3.05) is 4.90 Å². The van der Waals surface area contributed by atoms with Crippen molar-refractivity contribution in [3.63, 3.8) is 0 Å². The zero-order chi connectivity index (χ0) is 43.5. The molecule has 0 amide bonds. The van der Waals surface area contributed by atoms with Crippen LogP contribution in [0.5, 0.6) is 11.5 Å². The number of thiophene rings is 1. The van der Waals surface area contributed by atoms with Crippen molar-refractivity contribution in [2.24, 2.45) is 0 Å². The molecule has 0 fully saturated rings. The van der Waals surface area contributed by atoms with Crippen LogP contribution in [-0.4, -0.2) is 43.4 Å². The molecule has 0 unspecified atom stereocenters. The van der Waals surface area contributed by atoms with Gasteiger partial charge in [0, 0.05) is 63.0 Å². The summed E-state index contributed by atoms with van der Waals surface area (Å²) in [7, 11) is 0. The van der Waals surface area contributed by atoms with Crippen LogP contribution in [0.25, 0.3) is 59.9 Å². The molecule has 3 aromatic carbocycles. The van der Waals surface area contributed by atoms with Crippen LogP contribution in [0.2, 0.25) is 0 Å². The van der Waals surface area contributed by atoms with Crippen LogP contribution in [0, 0.1) is 6.42 Å². The molecule has 11 nitrogen and oxygen atoms in total. The van der Waals surface area contributed by atoms with E-state index in [0.717, 1.165) is 37.9 Å². The number of hydrogen-bond acceptors (Lipinski definition) is 12. The van der Waals surface area contributed by atoms with Crippen LogP contribution >= 0.6 is 48.0 Å². The Morgan fingerprint density at radius 3 is 1.52 bits per heavy atom. The Kier molecular flexibility index (Phi) is 24.0.